The second kappa shape index (κ2) is 5.57. The maximum atomic E-state index is 12.9. The smallest absolute Gasteiger partial charge is 0.135 e. The second-order valence-corrected chi connectivity index (χ2v) is 5.86. The number of aromatic nitrogens is 2. The minimum atomic E-state index is -0.228. The number of hydrogen-bond donors (Lipinski definition) is 1. The van der Waals surface area contributed by atoms with Crippen molar-refractivity contribution < 1.29 is 4.39 Å². The van der Waals surface area contributed by atoms with E-state index in [2.05, 4.69) is 36.1 Å². The molecule has 106 valence electrons. The monoisotopic (exact) mass is 273 g/mol. The number of hydrogen-bond acceptors (Lipinski definition) is 3. The van der Waals surface area contributed by atoms with E-state index in [1.165, 1.54) is 12.1 Å². The number of halogens is 1. The zero-order valence-electron chi connectivity index (χ0n) is 12.4. The largest absolute Gasteiger partial charge is 0.373 e. The van der Waals surface area contributed by atoms with Crippen LogP contribution >= 0.6 is 0 Å². The SMILES string of the molecule is CNc1cc(C(C)(C)C)nc(Cc2ccc(F)cc2)n1. The molecule has 0 amide bonds. The van der Waals surface area contributed by atoms with Crippen LogP contribution in [0.15, 0.2) is 30.3 Å². The third-order valence-corrected chi connectivity index (χ3v) is 3.07. The molecule has 3 nitrogen and oxygen atoms in total. The van der Waals surface area contributed by atoms with Crippen molar-refractivity contribution in [3.63, 3.8) is 0 Å². The van der Waals surface area contributed by atoms with Crippen molar-refractivity contribution in [1.82, 2.24) is 9.97 Å². The van der Waals surface area contributed by atoms with Crippen LogP contribution in [-0.4, -0.2) is 17.0 Å². The van der Waals surface area contributed by atoms with Gasteiger partial charge in [0.25, 0.3) is 0 Å². The van der Waals surface area contributed by atoms with Gasteiger partial charge < -0.3 is 5.32 Å². The summed E-state index contributed by atoms with van der Waals surface area (Å²) in [6, 6.07) is 8.42. The van der Waals surface area contributed by atoms with Crippen molar-refractivity contribution in [2.24, 2.45) is 0 Å². The third kappa shape index (κ3) is 3.53. The van der Waals surface area contributed by atoms with Crippen molar-refractivity contribution in [3.8, 4) is 0 Å². The summed E-state index contributed by atoms with van der Waals surface area (Å²) in [5.74, 6) is 1.32. The van der Waals surface area contributed by atoms with Crippen LogP contribution in [0.3, 0.4) is 0 Å². The summed E-state index contributed by atoms with van der Waals surface area (Å²) in [7, 11) is 1.84. The van der Waals surface area contributed by atoms with Gasteiger partial charge in [0.05, 0.1) is 5.69 Å². The minimum Gasteiger partial charge on any atom is -0.373 e. The Kier molecular flexibility index (Phi) is 4.02. The van der Waals surface area contributed by atoms with Crippen LogP contribution in [0.1, 0.15) is 37.9 Å². The van der Waals surface area contributed by atoms with E-state index in [0.29, 0.717) is 6.42 Å². The average Bonchev–Trinajstić information content (AvgIpc) is 2.40. The van der Waals surface area contributed by atoms with E-state index < -0.39 is 0 Å². The predicted molar refractivity (Wildman–Crippen MR) is 79.5 cm³/mol. The van der Waals surface area contributed by atoms with E-state index in [1.54, 1.807) is 12.1 Å². The Morgan fingerprint density at radius 1 is 1.10 bits per heavy atom. The first-order chi connectivity index (χ1) is 9.38. The van der Waals surface area contributed by atoms with Gasteiger partial charge in [-0.3, -0.25) is 0 Å². The molecule has 0 saturated heterocycles. The van der Waals surface area contributed by atoms with Crippen LogP contribution in [0, 0.1) is 5.82 Å². The second-order valence-electron chi connectivity index (χ2n) is 5.86. The molecule has 1 N–H and O–H groups in total. The molecule has 0 aliphatic carbocycles. The predicted octanol–water partition coefficient (Wildman–Crippen LogP) is 3.55. The standard InChI is InChI=1S/C16H20FN3/c1-16(2,3)13-10-14(18-4)20-15(19-13)9-11-5-7-12(17)8-6-11/h5-8,10H,9H2,1-4H3,(H,18,19,20). The molecule has 0 radical (unpaired) electrons. The van der Waals surface area contributed by atoms with Crippen LogP contribution in [0.2, 0.25) is 0 Å². The molecule has 0 spiro atoms. The maximum Gasteiger partial charge on any atom is 0.135 e. The Balaban J connectivity index is 2.33. The van der Waals surface area contributed by atoms with Gasteiger partial charge in [0.1, 0.15) is 17.5 Å². The van der Waals surface area contributed by atoms with Gasteiger partial charge in [0.15, 0.2) is 0 Å². The molecule has 0 bridgehead atoms. The third-order valence-electron chi connectivity index (χ3n) is 3.07. The molecule has 2 rings (SSSR count). The molecule has 2 aromatic rings. The van der Waals surface area contributed by atoms with Crippen LogP contribution < -0.4 is 5.32 Å². The van der Waals surface area contributed by atoms with Crippen LogP contribution in [0.5, 0.6) is 0 Å². The highest BCUT2D eigenvalue weighted by atomic mass is 19.1. The summed E-state index contributed by atoms with van der Waals surface area (Å²) in [6.07, 6.45) is 0.596. The highest BCUT2D eigenvalue weighted by Crippen LogP contribution is 2.22. The van der Waals surface area contributed by atoms with Gasteiger partial charge >= 0.3 is 0 Å². The molecule has 20 heavy (non-hydrogen) atoms. The number of nitrogens with one attached hydrogen (secondary N) is 1. The molecular formula is C16H20FN3. The molecule has 1 aromatic heterocycles. The molecular weight excluding hydrogens is 253 g/mol. The Morgan fingerprint density at radius 2 is 1.75 bits per heavy atom. The van der Waals surface area contributed by atoms with Crippen molar-refractivity contribution in [1.29, 1.82) is 0 Å². The van der Waals surface area contributed by atoms with Gasteiger partial charge in [-0.05, 0) is 17.7 Å². The molecule has 0 unspecified atom stereocenters. The molecule has 0 aliphatic rings. The highest BCUT2D eigenvalue weighted by molar-refractivity contribution is 5.38. The number of rotatable bonds is 3. The molecule has 4 heteroatoms. The Labute approximate surface area is 119 Å². The van der Waals surface area contributed by atoms with E-state index >= 15 is 0 Å². The fourth-order valence-electron chi connectivity index (χ4n) is 1.87. The van der Waals surface area contributed by atoms with E-state index in [0.717, 1.165) is 22.9 Å². The van der Waals surface area contributed by atoms with Gasteiger partial charge in [0.2, 0.25) is 0 Å². The summed E-state index contributed by atoms with van der Waals surface area (Å²) in [5.41, 5.74) is 1.96. The van der Waals surface area contributed by atoms with Gasteiger partial charge in [-0.1, -0.05) is 32.9 Å². The van der Waals surface area contributed by atoms with Gasteiger partial charge in [-0.15, -0.1) is 0 Å². The number of benzene rings is 1. The Hall–Kier alpha value is -1.97. The Morgan fingerprint density at radius 3 is 2.30 bits per heavy atom. The van der Waals surface area contributed by atoms with E-state index in [9.17, 15) is 4.39 Å². The highest BCUT2D eigenvalue weighted by Gasteiger charge is 2.17. The molecule has 0 atom stereocenters. The fraction of sp³-hybridized carbons (Fsp3) is 0.375. The van der Waals surface area contributed by atoms with Crippen LogP contribution in [-0.2, 0) is 11.8 Å². The van der Waals surface area contributed by atoms with Crippen molar-refractivity contribution in [3.05, 3.63) is 53.2 Å². The maximum absolute atomic E-state index is 12.9. The first kappa shape index (κ1) is 14.4. The zero-order valence-corrected chi connectivity index (χ0v) is 12.4. The molecule has 0 fully saturated rings. The van der Waals surface area contributed by atoms with Crippen molar-refractivity contribution >= 4 is 5.82 Å². The van der Waals surface area contributed by atoms with Crippen molar-refractivity contribution in [2.75, 3.05) is 12.4 Å². The summed E-state index contributed by atoms with van der Waals surface area (Å²) in [5, 5.41) is 3.06. The lowest BCUT2D eigenvalue weighted by atomic mass is 9.92. The lowest BCUT2D eigenvalue weighted by molar-refractivity contribution is 0.563. The topological polar surface area (TPSA) is 37.8 Å². The van der Waals surface area contributed by atoms with E-state index in [-0.39, 0.29) is 11.2 Å². The average molecular weight is 273 g/mol. The zero-order chi connectivity index (χ0) is 14.8. The van der Waals surface area contributed by atoms with Crippen LogP contribution in [0.25, 0.3) is 0 Å². The summed E-state index contributed by atoms with van der Waals surface area (Å²) in [4.78, 5) is 9.09. The number of anilines is 1. The minimum absolute atomic E-state index is 0.0356. The first-order valence-electron chi connectivity index (χ1n) is 6.69. The molecule has 1 aromatic carbocycles. The molecule has 0 saturated carbocycles. The summed E-state index contributed by atoms with van der Waals surface area (Å²) < 4.78 is 12.9. The lowest BCUT2D eigenvalue weighted by Crippen LogP contribution is -2.16. The lowest BCUT2D eigenvalue weighted by Gasteiger charge is -2.19. The van der Waals surface area contributed by atoms with Gasteiger partial charge in [0, 0.05) is 24.9 Å². The fourth-order valence-corrected chi connectivity index (χ4v) is 1.87. The molecule has 0 aliphatic heterocycles. The quantitative estimate of drug-likeness (QED) is 0.929. The van der Waals surface area contributed by atoms with Gasteiger partial charge in [-0.25, -0.2) is 14.4 Å². The van der Waals surface area contributed by atoms with E-state index in [4.69, 9.17) is 0 Å². The van der Waals surface area contributed by atoms with Crippen LogP contribution in [0.4, 0.5) is 10.2 Å². The summed E-state index contributed by atoms with van der Waals surface area (Å²) >= 11 is 0. The summed E-state index contributed by atoms with van der Waals surface area (Å²) in [6.45, 7) is 6.36. The van der Waals surface area contributed by atoms with Gasteiger partial charge in [-0.2, -0.15) is 0 Å². The Bertz CT molecular complexity index is 586. The molecule has 1 heterocycles. The first-order valence-corrected chi connectivity index (χ1v) is 6.69. The normalized spacial score (nSPS) is 11.4. The van der Waals surface area contributed by atoms with Crippen molar-refractivity contribution in [2.45, 2.75) is 32.6 Å². The number of nitrogens with zero attached hydrogens (tertiary/aromatic N) is 2. The van der Waals surface area contributed by atoms with E-state index in [1.807, 2.05) is 13.1 Å².